The molecule has 0 saturated heterocycles. The molecular formula is C9H13Br2CoO-. The molecule has 79 valence electrons. The second-order valence-electron chi connectivity index (χ2n) is 2.42. The second kappa shape index (κ2) is 12.6. The topological polar surface area (TPSA) is 17.1 Å². The molecule has 1 radical (unpaired) electrons. The third-order valence-corrected chi connectivity index (χ3v) is 1.60. The maximum Gasteiger partial charge on any atom is 0 e. The average molecular weight is 356 g/mol. The van der Waals surface area contributed by atoms with E-state index in [0.717, 1.165) is 31.3 Å². The molecule has 1 aliphatic rings. The van der Waals surface area contributed by atoms with Crippen molar-refractivity contribution < 1.29 is 21.6 Å². The van der Waals surface area contributed by atoms with Gasteiger partial charge in [0.1, 0.15) is 0 Å². The van der Waals surface area contributed by atoms with Crippen LogP contribution in [0.15, 0.2) is 23.8 Å². The molecule has 13 heavy (non-hydrogen) atoms. The summed E-state index contributed by atoms with van der Waals surface area (Å²) in [7, 11) is 0. The first kappa shape index (κ1) is 19.2. The molecule has 0 aromatic carbocycles. The molecule has 0 aromatic rings. The first-order valence-electron chi connectivity index (χ1n) is 3.65. The van der Waals surface area contributed by atoms with Crippen LogP contribution in [0.1, 0.15) is 25.7 Å². The Morgan fingerprint density at radius 1 is 1.08 bits per heavy atom. The van der Waals surface area contributed by atoms with E-state index >= 15 is 0 Å². The Hall–Kier alpha value is 0.616. The van der Waals surface area contributed by atoms with Crippen LogP contribution in [-0.2, 0) is 21.6 Å². The Morgan fingerprint density at radius 3 is 2.31 bits per heavy atom. The van der Waals surface area contributed by atoms with Gasteiger partial charge in [-0.2, -0.15) is 5.57 Å². The molecule has 0 bridgehead atoms. The van der Waals surface area contributed by atoms with Crippen molar-refractivity contribution in [3.8, 4) is 0 Å². The fourth-order valence-corrected chi connectivity index (χ4v) is 1.02. The standard InChI is InChI=1S/C9H11O.2BrH.Co/c10-8-9-6-4-2-1-3-5-7-9;;;/h1-2,7H,3-6H2;2*1H;/q-1;;;. The van der Waals surface area contributed by atoms with E-state index in [9.17, 15) is 4.79 Å². The van der Waals surface area contributed by atoms with E-state index in [1.807, 2.05) is 12.4 Å². The van der Waals surface area contributed by atoms with E-state index in [4.69, 9.17) is 0 Å². The van der Waals surface area contributed by atoms with Crippen molar-refractivity contribution in [3.63, 3.8) is 0 Å². The summed E-state index contributed by atoms with van der Waals surface area (Å²) in [5.41, 5.74) is 0.837. The van der Waals surface area contributed by atoms with Crippen molar-refractivity contribution in [2.24, 2.45) is 0 Å². The van der Waals surface area contributed by atoms with Gasteiger partial charge in [0.05, 0.1) is 0 Å². The van der Waals surface area contributed by atoms with Crippen LogP contribution in [0.5, 0.6) is 0 Å². The fourth-order valence-electron chi connectivity index (χ4n) is 1.02. The maximum atomic E-state index is 10.2. The Labute approximate surface area is 111 Å². The largest absolute Gasteiger partial charge is 0.419 e. The maximum absolute atomic E-state index is 10.2. The summed E-state index contributed by atoms with van der Waals surface area (Å²) < 4.78 is 0. The molecular weight excluding hydrogens is 343 g/mol. The van der Waals surface area contributed by atoms with Gasteiger partial charge in [0, 0.05) is 16.8 Å². The number of hydrogen-bond donors (Lipinski definition) is 0. The molecule has 0 heterocycles. The molecule has 0 unspecified atom stereocenters. The van der Waals surface area contributed by atoms with Gasteiger partial charge in [0.2, 0.25) is 0 Å². The number of rotatable bonds is 1. The Bertz CT molecular complexity index is 178. The first-order chi connectivity index (χ1) is 4.93. The number of carbonyl (C=O) groups excluding carboxylic acids is 1. The molecule has 0 saturated carbocycles. The van der Waals surface area contributed by atoms with Gasteiger partial charge in [-0.15, -0.1) is 34.0 Å². The van der Waals surface area contributed by atoms with Gasteiger partial charge in [-0.05, 0) is 19.1 Å². The summed E-state index contributed by atoms with van der Waals surface area (Å²) in [6, 6.07) is 0. The van der Waals surface area contributed by atoms with Gasteiger partial charge >= 0.3 is 0 Å². The Kier molecular flexibility index (Phi) is 18.7. The predicted octanol–water partition coefficient (Wildman–Crippen LogP) is 3.31. The summed E-state index contributed by atoms with van der Waals surface area (Å²) >= 11 is 0. The van der Waals surface area contributed by atoms with E-state index in [-0.39, 0.29) is 50.7 Å². The summed E-state index contributed by atoms with van der Waals surface area (Å²) in [5.74, 6) is 0. The molecule has 4 heteroatoms. The van der Waals surface area contributed by atoms with Crippen LogP contribution < -0.4 is 0 Å². The zero-order valence-corrected chi connectivity index (χ0v) is 11.6. The van der Waals surface area contributed by atoms with E-state index in [1.165, 1.54) is 0 Å². The van der Waals surface area contributed by atoms with Crippen molar-refractivity contribution >= 4 is 40.2 Å². The normalized spacial score (nSPS) is 14.6. The van der Waals surface area contributed by atoms with Crippen LogP contribution >= 0.6 is 34.0 Å². The first-order valence-corrected chi connectivity index (χ1v) is 3.65. The quantitative estimate of drug-likeness (QED) is 0.521. The van der Waals surface area contributed by atoms with Gasteiger partial charge in [0.25, 0.3) is 0 Å². The van der Waals surface area contributed by atoms with E-state index in [0.29, 0.717) is 0 Å². The average Bonchev–Trinajstić information content (AvgIpc) is 1.87. The Morgan fingerprint density at radius 2 is 1.69 bits per heavy atom. The molecule has 0 fully saturated rings. The molecule has 0 spiro atoms. The number of hydrogen-bond acceptors (Lipinski definition) is 1. The summed E-state index contributed by atoms with van der Waals surface area (Å²) in [4.78, 5) is 10.2. The van der Waals surface area contributed by atoms with Crippen LogP contribution in [0.4, 0.5) is 0 Å². The third kappa shape index (κ3) is 8.93. The minimum Gasteiger partial charge on any atom is -0.419 e. The van der Waals surface area contributed by atoms with Crippen LogP contribution in [-0.4, -0.2) is 6.29 Å². The minimum atomic E-state index is 0. The van der Waals surface area contributed by atoms with Crippen LogP contribution in [0.3, 0.4) is 0 Å². The number of allylic oxidation sites excluding steroid dienone is 4. The molecule has 1 nitrogen and oxygen atoms in total. The van der Waals surface area contributed by atoms with Gasteiger partial charge in [-0.3, -0.25) is 0 Å². The summed E-state index contributed by atoms with van der Waals surface area (Å²) in [6.07, 6.45) is 12.1. The van der Waals surface area contributed by atoms with Crippen LogP contribution in [0, 0.1) is 0 Å². The SMILES string of the molecule is Br.Br.O=[C-]C1=CCCC=CCC1.[Co]. The molecule has 1 rings (SSSR count). The molecule has 0 atom stereocenters. The zero-order valence-electron chi connectivity index (χ0n) is 7.12. The van der Waals surface area contributed by atoms with Crippen molar-refractivity contribution in [1.82, 2.24) is 0 Å². The molecule has 0 amide bonds. The number of halogens is 2. The van der Waals surface area contributed by atoms with Crippen LogP contribution in [0.2, 0.25) is 0 Å². The van der Waals surface area contributed by atoms with E-state index in [2.05, 4.69) is 12.2 Å². The monoisotopic (exact) mass is 354 g/mol. The van der Waals surface area contributed by atoms with Gasteiger partial charge < -0.3 is 4.79 Å². The third-order valence-electron chi connectivity index (χ3n) is 1.60. The van der Waals surface area contributed by atoms with Gasteiger partial charge in [-0.25, -0.2) is 6.08 Å². The minimum absolute atomic E-state index is 0. The summed E-state index contributed by atoms with van der Waals surface area (Å²) in [5, 5.41) is 0. The van der Waals surface area contributed by atoms with Crippen molar-refractivity contribution in [1.29, 1.82) is 0 Å². The molecule has 1 aliphatic carbocycles. The summed E-state index contributed by atoms with van der Waals surface area (Å²) in [6.45, 7) is 0. The smallest absolute Gasteiger partial charge is 0 e. The van der Waals surface area contributed by atoms with Crippen molar-refractivity contribution in [3.05, 3.63) is 23.8 Å². The molecule has 0 N–H and O–H groups in total. The van der Waals surface area contributed by atoms with Gasteiger partial charge in [0.15, 0.2) is 0 Å². The van der Waals surface area contributed by atoms with Crippen molar-refractivity contribution in [2.75, 3.05) is 0 Å². The van der Waals surface area contributed by atoms with E-state index in [1.54, 1.807) is 0 Å². The van der Waals surface area contributed by atoms with E-state index < -0.39 is 0 Å². The zero-order chi connectivity index (χ0) is 7.23. The molecule has 0 aromatic heterocycles. The predicted molar refractivity (Wildman–Crippen MR) is 62.0 cm³/mol. The van der Waals surface area contributed by atoms with Crippen molar-refractivity contribution in [2.45, 2.75) is 25.7 Å². The second-order valence-corrected chi connectivity index (χ2v) is 2.42. The van der Waals surface area contributed by atoms with Gasteiger partial charge in [-0.1, -0.05) is 25.0 Å². The fraction of sp³-hybridized carbons (Fsp3) is 0.444. The van der Waals surface area contributed by atoms with Crippen LogP contribution in [0.25, 0.3) is 0 Å². The Balaban J connectivity index is -0.000000333. The molecule has 0 aliphatic heterocycles.